The molecule has 1 amide bonds. The van der Waals surface area contributed by atoms with Crippen LogP contribution in [0.5, 0.6) is 0 Å². The Morgan fingerprint density at radius 1 is 1.14 bits per heavy atom. The number of amides is 1. The molecule has 10 heteroatoms. The quantitative estimate of drug-likeness (QED) is 0.412. The Kier molecular flexibility index (Phi) is 3.98. The molecule has 0 bridgehead atoms. The van der Waals surface area contributed by atoms with E-state index >= 15 is 0 Å². The molecule has 120 valence electrons. The van der Waals surface area contributed by atoms with E-state index in [1.165, 1.54) is 0 Å². The highest BCUT2D eigenvalue weighted by Crippen LogP contribution is 3.02. The first-order valence-corrected chi connectivity index (χ1v) is 8.45. The minimum absolute atomic E-state index is 0.0998. The molecule has 21 heavy (non-hydrogen) atoms. The summed E-state index contributed by atoms with van der Waals surface area (Å²) < 4.78 is 64.6. The second-order valence-corrected chi connectivity index (χ2v) is 7.29. The van der Waals surface area contributed by atoms with Crippen LogP contribution in [-0.2, 0) is 4.79 Å². The van der Waals surface area contributed by atoms with E-state index < -0.39 is 38.1 Å². The lowest BCUT2D eigenvalue weighted by Crippen LogP contribution is -2.23. The van der Waals surface area contributed by atoms with E-state index in [-0.39, 0.29) is 17.5 Å². The first-order valence-electron chi connectivity index (χ1n) is 5.38. The highest BCUT2D eigenvalue weighted by atomic mass is 79.9. The summed E-state index contributed by atoms with van der Waals surface area (Å²) in [6.07, 6.45) is 0. The number of benzene rings is 1. The third kappa shape index (κ3) is 4.40. The molecule has 1 aromatic rings. The van der Waals surface area contributed by atoms with Crippen molar-refractivity contribution < 1.29 is 29.0 Å². The predicted octanol–water partition coefficient (Wildman–Crippen LogP) is 4.90. The number of rotatable bonds is 4. The van der Waals surface area contributed by atoms with Crippen LogP contribution in [0.1, 0.15) is 17.3 Å². The van der Waals surface area contributed by atoms with Gasteiger partial charge in [-0.15, -0.1) is 0 Å². The van der Waals surface area contributed by atoms with Gasteiger partial charge in [-0.1, -0.05) is 35.4 Å². The molecule has 0 saturated heterocycles. The molecule has 0 spiro atoms. The molecule has 0 aliphatic rings. The highest BCUT2D eigenvalue weighted by Gasteiger charge is 2.65. The number of carbonyl (C=O) groups excluding carboxylic acids is 2. The topological polar surface area (TPSA) is 37.4 Å². The summed E-state index contributed by atoms with van der Waals surface area (Å²) >= 11 is 2.75. The van der Waals surface area contributed by atoms with E-state index in [0.29, 0.717) is 0 Å². The number of hydrogen-bond acceptors (Lipinski definition) is 2. The Balaban J connectivity index is 3.65. The monoisotopic (exact) mass is 395 g/mol. The summed E-state index contributed by atoms with van der Waals surface area (Å²) in [5.41, 5.74) is -0.988. The molecule has 0 aliphatic heterocycles. The van der Waals surface area contributed by atoms with Crippen LogP contribution < -0.4 is 4.90 Å². The van der Waals surface area contributed by atoms with Gasteiger partial charge in [-0.3, -0.25) is 9.59 Å². The van der Waals surface area contributed by atoms with E-state index in [0.717, 1.165) is 24.9 Å². The zero-order chi connectivity index (χ0) is 16.7. The lowest BCUT2D eigenvalue weighted by molar-refractivity contribution is -0.116. The van der Waals surface area contributed by atoms with Crippen LogP contribution in [0.15, 0.2) is 23.1 Å². The second kappa shape index (κ2) is 4.67. The number of nitrogens with zero attached hydrogens (tertiary/aromatic N) is 1. The summed E-state index contributed by atoms with van der Waals surface area (Å²) in [7, 11) is -8.83. The van der Waals surface area contributed by atoms with Crippen LogP contribution in [-0.4, -0.2) is 24.1 Å². The third-order valence-corrected chi connectivity index (χ3v) is 4.28. The fourth-order valence-corrected chi connectivity index (χ4v) is 2.44. The van der Waals surface area contributed by atoms with Gasteiger partial charge in [0.2, 0.25) is 5.91 Å². The van der Waals surface area contributed by atoms with Gasteiger partial charge in [0.05, 0.1) is 5.33 Å². The van der Waals surface area contributed by atoms with Gasteiger partial charge in [0.15, 0.2) is 5.78 Å². The van der Waals surface area contributed by atoms with Crippen LogP contribution in [0.4, 0.5) is 25.1 Å². The van der Waals surface area contributed by atoms with Gasteiger partial charge in [0.1, 0.15) is 4.90 Å². The number of ketones is 1. The van der Waals surface area contributed by atoms with Crippen molar-refractivity contribution in [3.8, 4) is 0 Å². The van der Waals surface area contributed by atoms with Gasteiger partial charge in [-0.25, -0.2) is 0 Å². The predicted molar refractivity (Wildman–Crippen MR) is 75.0 cm³/mol. The maximum absolute atomic E-state index is 12.9. The molecular formula is C11H11BrF5NO2S. The molecule has 0 N–H and O–H groups in total. The average Bonchev–Trinajstić information content (AvgIpc) is 2.33. The molecule has 0 atom stereocenters. The number of hydrogen-bond donors (Lipinski definition) is 0. The minimum atomic E-state index is -9.96. The van der Waals surface area contributed by atoms with Gasteiger partial charge < -0.3 is 4.90 Å². The molecule has 0 fully saturated rings. The largest absolute Gasteiger partial charge is 0.316 e. The van der Waals surface area contributed by atoms with Crippen molar-refractivity contribution in [2.45, 2.75) is 11.8 Å². The number of halogens is 6. The van der Waals surface area contributed by atoms with Gasteiger partial charge in [-0.05, 0) is 18.2 Å². The third-order valence-electron chi connectivity index (χ3n) is 2.64. The smallest absolute Gasteiger partial charge is 0.310 e. The Labute approximate surface area is 126 Å². The van der Waals surface area contributed by atoms with Crippen LogP contribution in [0.2, 0.25) is 0 Å². The first-order chi connectivity index (χ1) is 9.15. The molecule has 0 aromatic heterocycles. The molecule has 0 aliphatic carbocycles. The van der Waals surface area contributed by atoms with Gasteiger partial charge in [-0.2, -0.15) is 0 Å². The van der Waals surface area contributed by atoms with E-state index in [9.17, 15) is 29.0 Å². The van der Waals surface area contributed by atoms with Crippen LogP contribution >= 0.6 is 26.2 Å². The SMILES string of the molecule is CC(=O)N(C)c1cc(C(=O)CBr)cc(S(F)(F)(F)(F)F)c1. The van der Waals surface area contributed by atoms with E-state index in [2.05, 4.69) is 15.9 Å². The lowest BCUT2D eigenvalue weighted by Gasteiger charge is -2.41. The van der Waals surface area contributed by atoms with Crippen LogP contribution in [0, 0.1) is 0 Å². The maximum Gasteiger partial charge on any atom is 0.310 e. The van der Waals surface area contributed by atoms with Crippen LogP contribution in [0.3, 0.4) is 0 Å². The second-order valence-electron chi connectivity index (χ2n) is 4.32. The Morgan fingerprint density at radius 2 is 1.67 bits per heavy atom. The van der Waals surface area contributed by atoms with E-state index in [4.69, 9.17) is 0 Å². The van der Waals surface area contributed by atoms with Crippen molar-refractivity contribution in [3.05, 3.63) is 23.8 Å². The molecule has 3 nitrogen and oxygen atoms in total. The van der Waals surface area contributed by atoms with Crippen molar-refractivity contribution >= 4 is 43.5 Å². The number of alkyl halides is 1. The van der Waals surface area contributed by atoms with Crippen molar-refractivity contribution in [1.29, 1.82) is 0 Å². The van der Waals surface area contributed by atoms with E-state index in [1.54, 1.807) is 0 Å². The number of Topliss-reactive ketones (excluding diaryl/α,β-unsaturated/α-hetero) is 1. The maximum atomic E-state index is 12.9. The fraction of sp³-hybridized carbons (Fsp3) is 0.273. The molecule has 0 radical (unpaired) electrons. The molecule has 0 saturated carbocycles. The van der Waals surface area contributed by atoms with Crippen molar-refractivity contribution in [2.75, 3.05) is 17.3 Å². The Bertz CT molecular complexity index is 617. The van der Waals surface area contributed by atoms with Crippen molar-refractivity contribution in [1.82, 2.24) is 0 Å². The standard InChI is InChI=1S/C11H11BrF5NO2S/c1-7(19)18(2)9-3-8(11(20)6-12)4-10(5-9)21(13,14,15,16)17/h3-5H,6H2,1-2H3. The summed E-state index contributed by atoms with van der Waals surface area (Å²) in [6.45, 7) is 1.05. The molecule has 0 unspecified atom stereocenters. The minimum Gasteiger partial charge on any atom is -0.316 e. The Morgan fingerprint density at radius 3 is 2.05 bits per heavy atom. The zero-order valence-electron chi connectivity index (χ0n) is 10.9. The first kappa shape index (κ1) is 17.9. The average molecular weight is 396 g/mol. The number of carbonyl (C=O) groups is 2. The lowest BCUT2D eigenvalue weighted by atomic mass is 10.1. The van der Waals surface area contributed by atoms with Gasteiger partial charge in [0.25, 0.3) is 0 Å². The van der Waals surface area contributed by atoms with Crippen molar-refractivity contribution in [2.24, 2.45) is 0 Å². The normalized spacial score (nSPS) is 15.0. The van der Waals surface area contributed by atoms with Gasteiger partial charge >= 0.3 is 10.2 Å². The highest BCUT2D eigenvalue weighted by molar-refractivity contribution is 9.09. The molecule has 0 heterocycles. The zero-order valence-corrected chi connectivity index (χ0v) is 13.3. The molecule has 1 rings (SSSR count). The molecule has 1 aromatic carbocycles. The van der Waals surface area contributed by atoms with Gasteiger partial charge in [0, 0.05) is 25.2 Å². The van der Waals surface area contributed by atoms with Crippen molar-refractivity contribution in [3.63, 3.8) is 0 Å². The summed E-state index contributed by atoms with van der Waals surface area (Å²) in [5.74, 6) is -1.47. The Hall–Kier alpha value is -1.16. The van der Waals surface area contributed by atoms with Crippen LogP contribution in [0.25, 0.3) is 0 Å². The summed E-state index contributed by atoms with van der Waals surface area (Å²) in [5, 5.41) is -0.333. The number of anilines is 1. The fourth-order valence-electron chi connectivity index (χ4n) is 1.42. The summed E-state index contributed by atoms with van der Waals surface area (Å²) in [4.78, 5) is 21.2. The van der Waals surface area contributed by atoms with E-state index in [1.807, 2.05) is 0 Å². The molecular weight excluding hydrogens is 385 g/mol. The summed E-state index contributed by atoms with van der Waals surface area (Å²) in [6, 6.07) is 1.22.